The van der Waals surface area contributed by atoms with Crippen LogP contribution in [0, 0.1) is 10.1 Å². The van der Waals surface area contributed by atoms with E-state index in [1.165, 1.54) is 18.2 Å². The molecule has 3 N–H and O–H groups in total. The van der Waals surface area contributed by atoms with Crippen LogP contribution < -0.4 is 10.7 Å². The third kappa shape index (κ3) is 4.37. The van der Waals surface area contributed by atoms with Crippen molar-refractivity contribution < 1.29 is 14.8 Å². The number of anilines is 1. The van der Waals surface area contributed by atoms with Crippen molar-refractivity contribution in [1.82, 2.24) is 5.43 Å². The summed E-state index contributed by atoms with van der Waals surface area (Å²) in [7, 11) is 0. The van der Waals surface area contributed by atoms with Crippen LogP contribution in [0.15, 0.2) is 65.8 Å². The summed E-state index contributed by atoms with van der Waals surface area (Å²) in [6, 6.07) is 17.7. The number of aromatic hydroxyl groups is 1. The fourth-order valence-electron chi connectivity index (χ4n) is 2.50. The van der Waals surface area contributed by atoms with Crippen LogP contribution in [0.2, 0.25) is 0 Å². The second kappa shape index (κ2) is 7.96. The Bertz CT molecular complexity index is 1030. The van der Waals surface area contributed by atoms with Crippen molar-refractivity contribution in [1.29, 1.82) is 0 Å². The van der Waals surface area contributed by atoms with E-state index < -0.39 is 22.3 Å². The van der Waals surface area contributed by atoms with Gasteiger partial charge in [0.05, 0.1) is 17.7 Å². The zero-order chi connectivity index (χ0) is 19.2. The molecule has 0 spiro atoms. The number of nitrogens with zero attached hydrogens (tertiary/aromatic N) is 2. The number of nitro groups is 1. The lowest BCUT2D eigenvalue weighted by atomic mass is 10.1. The number of rotatable bonds is 6. The van der Waals surface area contributed by atoms with E-state index in [1.54, 1.807) is 0 Å². The van der Waals surface area contributed by atoms with Crippen molar-refractivity contribution >= 4 is 34.3 Å². The van der Waals surface area contributed by atoms with Crippen molar-refractivity contribution in [3.05, 3.63) is 76.3 Å². The standard InChI is InChI=1S/C19H16N4O4/c24-18(12-20-16-9-8-13-4-1-2-5-14(13)10-16)22-21-11-15-6-3-7-17(19(15)25)23(26)27/h1-11,20,25H,12H2,(H,22,24)/b21-11+. The summed E-state index contributed by atoms with van der Waals surface area (Å²) < 4.78 is 0. The van der Waals surface area contributed by atoms with Gasteiger partial charge >= 0.3 is 5.69 Å². The normalized spacial score (nSPS) is 10.8. The maximum atomic E-state index is 11.9. The molecular formula is C19H16N4O4. The largest absolute Gasteiger partial charge is 0.502 e. The van der Waals surface area contributed by atoms with E-state index in [2.05, 4.69) is 15.8 Å². The number of carbonyl (C=O) groups excluding carboxylic acids is 1. The Kier molecular flexibility index (Phi) is 5.27. The van der Waals surface area contributed by atoms with Crippen LogP contribution in [-0.2, 0) is 4.79 Å². The SMILES string of the molecule is O=C(CNc1ccc2ccccc2c1)N/N=C/c1cccc([N+](=O)[O-])c1O. The Hall–Kier alpha value is -3.94. The number of hydrogen-bond donors (Lipinski definition) is 3. The zero-order valence-electron chi connectivity index (χ0n) is 14.1. The molecule has 8 heteroatoms. The first kappa shape index (κ1) is 17.9. The molecule has 8 nitrogen and oxygen atoms in total. The molecule has 0 aliphatic carbocycles. The number of amides is 1. The van der Waals surface area contributed by atoms with Crippen molar-refractivity contribution in [2.75, 3.05) is 11.9 Å². The second-order valence-corrected chi connectivity index (χ2v) is 5.68. The molecule has 0 aliphatic heterocycles. The van der Waals surface area contributed by atoms with E-state index in [1.807, 2.05) is 42.5 Å². The third-order valence-electron chi connectivity index (χ3n) is 3.84. The van der Waals surface area contributed by atoms with Gasteiger partial charge in [0.15, 0.2) is 0 Å². The van der Waals surface area contributed by atoms with Gasteiger partial charge in [-0.25, -0.2) is 5.43 Å². The van der Waals surface area contributed by atoms with Crippen LogP contribution in [-0.4, -0.2) is 28.7 Å². The fraction of sp³-hybridized carbons (Fsp3) is 0.0526. The minimum atomic E-state index is -0.696. The van der Waals surface area contributed by atoms with E-state index in [0.717, 1.165) is 22.7 Å². The van der Waals surface area contributed by atoms with Crippen molar-refractivity contribution in [2.45, 2.75) is 0 Å². The minimum absolute atomic E-state index is 0.00337. The molecular weight excluding hydrogens is 348 g/mol. The highest BCUT2D eigenvalue weighted by molar-refractivity contribution is 5.89. The topological polar surface area (TPSA) is 117 Å². The summed E-state index contributed by atoms with van der Waals surface area (Å²) in [4.78, 5) is 22.0. The summed E-state index contributed by atoms with van der Waals surface area (Å²) in [5.41, 5.74) is 2.80. The Morgan fingerprint density at radius 1 is 1.11 bits per heavy atom. The van der Waals surface area contributed by atoms with Gasteiger partial charge in [-0.3, -0.25) is 14.9 Å². The summed E-state index contributed by atoms with van der Waals surface area (Å²) >= 11 is 0. The van der Waals surface area contributed by atoms with E-state index >= 15 is 0 Å². The predicted molar refractivity (Wildman–Crippen MR) is 103 cm³/mol. The summed E-state index contributed by atoms with van der Waals surface area (Å²) in [6.07, 6.45) is 1.15. The first-order valence-electron chi connectivity index (χ1n) is 8.05. The number of phenolic OH excluding ortho intramolecular Hbond substituents is 1. The quantitative estimate of drug-likeness (QED) is 0.353. The number of phenols is 1. The van der Waals surface area contributed by atoms with Gasteiger partial charge in [0.2, 0.25) is 5.75 Å². The monoisotopic (exact) mass is 364 g/mol. The molecule has 0 unspecified atom stereocenters. The Morgan fingerprint density at radius 2 is 1.89 bits per heavy atom. The second-order valence-electron chi connectivity index (χ2n) is 5.68. The van der Waals surface area contributed by atoms with E-state index in [0.29, 0.717) is 0 Å². The first-order chi connectivity index (χ1) is 13.0. The summed E-state index contributed by atoms with van der Waals surface area (Å²) in [5, 5.41) is 29.5. The molecule has 136 valence electrons. The highest BCUT2D eigenvalue weighted by atomic mass is 16.6. The maximum Gasteiger partial charge on any atom is 0.311 e. The summed E-state index contributed by atoms with van der Waals surface area (Å²) in [5.74, 6) is -0.904. The zero-order valence-corrected chi connectivity index (χ0v) is 14.1. The molecule has 0 bridgehead atoms. The number of hydrazone groups is 1. The highest BCUT2D eigenvalue weighted by Crippen LogP contribution is 2.27. The van der Waals surface area contributed by atoms with Crippen LogP contribution in [0.3, 0.4) is 0 Å². The number of nitrogens with one attached hydrogen (secondary N) is 2. The average Bonchev–Trinajstić information content (AvgIpc) is 2.67. The van der Waals surface area contributed by atoms with Gasteiger partial charge in [0.1, 0.15) is 0 Å². The molecule has 0 aromatic heterocycles. The smallest absolute Gasteiger partial charge is 0.311 e. The van der Waals surface area contributed by atoms with Crippen molar-refractivity contribution in [2.24, 2.45) is 5.10 Å². The number of para-hydroxylation sites is 1. The molecule has 0 radical (unpaired) electrons. The fourth-order valence-corrected chi connectivity index (χ4v) is 2.50. The van der Waals surface area contributed by atoms with E-state index in [9.17, 15) is 20.0 Å². The predicted octanol–water partition coefficient (Wildman–Crippen LogP) is 3.02. The van der Waals surface area contributed by atoms with Gasteiger partial charge in [-0.2, -0.15) is 5.10 Å². The number of hydrogen-bond acceptors (Lipinski definition) is 6. The van der Waals surface area contributed by atoms with Gasteiger partial charge in [-0.05, 0) is 29.0 Å². The van der Waals surface area contributed by atoms with E-state index in [-0.39, 0.29) is 12.1 Å². The molecule has 3 aromatic carbocycles. The van der Waals surface area contributed by atoms with E-state index in [4.69, 9.17) is 0 Å². The van der Waals surface area contributed by atoms with Crippen LogP contribution >= 0.6 is 0 Å². The van der Waals surface area contributed by atoms with Crippen LogP contribution in [0.5, 0.6) is 5.75 Å². The molecule has 0 atom stereocenters. The van der Waals surface area contributed by atoms with Crippen LogP contribution in [0.1, 0.15) is 5.56 Å². The van der Waals surface area contributed by atoms with Gasteiger partial charge < -0.3 is 10.4 Å². The maximum absolute atomic E-state index is 11.9. The van der Waals surface area contributed by atoms with Gasteiger partial charge in [-0.1, -0.05) is 36.4 Å². The van der Waals surface area contributed by atoms with Crippen molar-refractivity contribution in [3.63, 3.8) is 0 Å². The lowest BCUT2D eigenvalue weighted by Gasteiger charge is -2.06. The number of nitro benzene ring substituents is 1. The number of carbonyl (C=O) groups is 1. The van der Waals surface area contributed by atoms with Gasteiger partial charge in [-0.15, -0.1) is 0 Å². The average molecular weight is 364 g/mol. The Balaban J connectivity index is 1.57. The number of benzene rings is 3. The lowest BCUT2D eigenvalue weighted by molar-refractivity contribution is -0.385. The Morgan fingerprint density at radius 3 is 2.67 bits per heavy atom. The highest BCUT2D eigenvalue weighted by Gasteiger charge is 2.15. The molecule has 0 aliphatic rings. The molecule has 0 heterocycles. The summed E-state index contributed by atoms with van der Waals surface area (Å²) in [6.45, 7) is -0.00337. The van der Waals surface area contributed by atoms with Crippen molar-refractivity contribution in [3.8, 4) is 5.75 Å². The first-order valence-corrected chi connectivity index (χ1v) is 8.05. The molecule has 1 amide bonds. The molecule has 27 heavy (non-hydrogen) atoms. The third-order valence-corrected chi connectivity index (χ3v) is 3.84. The van der Waals surface area contributed by atoms with Gasteiger partial charge in [0, 0.05) is 17.3 Å². The Labute approximate surface area is 154 Å². The molecule has 3 rings (SSSR count). The molecule has 3 aromatic rings. The van der Waals surface area contributed by atoms with Crippen LogP contribution in [0.25, 0.3) is 10.8 Å². The minimum Gasteiger partial charge on any atom is -0.502 e. The number of fused-ring (bicyclic) bond motifs is 1. The molecule has 0 saturated heterocycles. The molecule has 0 saturated carbocycles. The molecule has 0 fully saturated rings. The van der Waals surface area contributed by atoms with Crippen LogP contribution in [0.4, 0.5) is 11.4 Å². The van der Waals surface area contributed by atoms with Gasteiger partial charge in [0.25, 0.3) is 5.91 Å². The lowest BCUT2D eigenvalue weighted by Crippen LogP contribution is -2.25.